The quantitative estimate of drug-likeness (QED) is 0.227. The standard InChI is InChI=1S/C24H38O4S/c1-3-4-5-6-7-8-9-10-11-12-15-20-16-13-14-17-21(20)23(24(26)27)29-19-18-22(25)28-2/h13-14,16-17,23H,3-12,15,18-19H2,1-2H3,(H,26,27). The Hall–Kier alpha value is -1.49. The number of esters is 1. The molecule has 0 aliphatic carbocycles. The van der Waals surface area contributed by atoms with Gasteiger partial charge in [-0.3, -0.25) is 9.59 Å². The molecule has 0 aliphatic rings. The lowest BCUT2D eigenvalue weighted by Crippen LogP contribution is -2.12. The van der Waals surface area contributed by atoms with Gasteiger partial charge in [0, 0.05) is 5.75 Å². The lowest BCUT2D eigenvalue weighted by atomic mass is 9.98. The monoisotopic (exact) mass is 422 g/mol. The van der Waals surface area contributed by atoms with Crippen molar-refractivity contribution in [2.75, 3.05) is 12.9 Å². The first-order valence-corrected chi connectivity index (χ1v) is 12.1. The van der Waals surface area contributed by atoms with E-state index in [4.69, 9.17) is 0 Å². The molecule has 1 unspecified atom stereocenters. The number of hydrogen-bond acceptors (Lipinski definition) is 4. The molecule has 0 radical (unpaired) electrons. The molecule has 1 aromatic rings. The molecule has 0 aliphatic heterocycles. The predicted octanol–water partition coefficient (Wildman–Crippen LogP) is 6.57. The molecule has 29 heavy (non-hydrogen) atoms. The second-order valence-corrected chi connectivity index (χ2v) is 8.76. The van der Waals surface area contributed by atoms with E-state index in [0.717, 1.165) is 24.0 Å². The van der Waals surface area contributed by atoms with Crippen molar-refractivity contribution in [2.45, 2.75) is 89.2 Å². The van der Waals surface area contributed by atoms with Crippen molar-refractivity contribution in [1.29, 1.82) is 0 Å². The Labute approximate surface area is 180 Å². The summed E-state index contributed by atoms with van der Waals surface area (Å²) in [6.45, 7) is 2.25. The molecule has 0 bridgehead atoms. The van der Waals surface area contributed by atoms with E-state index in [1.54, 1.807) is 0 Å². The van der Waals surface area contributed by atoms with Crippen LogP contribution in [0.1, 0.15) is 93.9 Å². The number of aryl methyl sites for hydroxylation is 1. The number of aliphatic carboxylic acids is 1. The third kappa shape index (κ3) is 11.3. The number of carboxylic acid groups (broad SMARTS) is 1. The van der Waals surface area contributed by atoms with E-state index < -0.39 is 11.2 Å². The number of methoxy groups -OCH3 is 1. The molecule has 0 heterocycles. The molecule has 1 aromatic carbocycles. The summed E-state index contributed by atoms with van der Waals surface area (Å²) in [6, 6.07) is 7.83. The number of thioether (sulfide) groups is 1. The van der Waals surface area contributed by atoms with Gasteiger partial charge >= 0.3 is 11.9 Å². The molecule has 4 nitrogen and oxygen atoms in total. The zero-order chi connectivity index (χ0) is 21.3. The zero-order valence-corrected chi connectivity index (χ0v) is 19.0. The van der Waals surface area contributed by atoms with Gasteiger partial charge in [0.15, 0.2) is 0 Å². The van der Waals surface area contributed by atoms with E-state index in [1.165, 1.54) is 76.7 Å². The second kappa shape index (κ2) is 16.3. The van der Waals surface area contributed by atoms with E-state index in [-0.39, 0.29) is 12.4 Å². The van der Waals surface area contributed by atoms with Crippen LogP contribution in [-0.4, -0.2) is 29.9 Å². The maximum atomic E-state index is 11.8. The Kier molecular flexibility index (Phi) is 14.4. The number of hydrogen-bond donors (Lipinski definition) is 1. The van der Waals surface area contributed by atoms with Crippen LogP contribution in [0.2, 0.25) is 0 Å². The van der Waals surface area contributed by atoms with E-state index in [2.05, 4.69) is 11.7 Å². The maximum absolute atomic E-state index is 11.8. The average molecular weight is 423 g/mol. The summed E-state index contributed by atoms with van der Waals surface area (Å²) < 4.78 is 4.64. The zero-order valence-electron chi connectivity index (χ0n) is 18.2. The minimum atomic E-state index is -0.851. The Bertz CT molecular complexity index is 588. The Morgan fingerprint density at radius 2 is 1.55 bits per heavy atom. The molecule has 1 rings (SSSR count). The number of unbranched alkanes of at least 4 members (excludes halogenated alkanes) is 9. The Balaban J connectivity index is 2.41. The minimum Gasteiger partial charge on any atom is -0.480 e. The van der Waals surface area contributed by atoms with E-state index in [0.29, 0.717) is 5.75 Å². The Morgan fingerprint density at radius 1 is 0.966 bits per heavy atom. The van der Waals surface area contributed by atoms with Gasteiger partial charge in [-0.2, -0.15) is 0 Å². The first-order chi connectivity index (χ1) is 14.1. The number of ether oxygens (including phenoxy) is 1. The minimum absolute atomic E-state index is 0.228. The van der Waals surface area contributed by atoms with E-state index in [9.17, 15) is 14.7 Å². The molecule has 1 N–H and O–H groups in total. The highest BCUT2D eigenvalue weighted by Gasteiger charge is 2.23. The molecule has 0 aromatic heterocycles. The SMILES string of the molecule is CCCCCCCCCCCCc1ccccc1C(SCCC(=O)OC)C(=O)O. The largest absolute Gasteiger partial charge is 0.480 e. The van der Waals surface area contributed by atoms with Gasteiger partial charge in [0.05, 0.1) is 13.5 Å². The maximum Gasteiger partial charge on any atom is 0.321 e. The topological polar surface area (TPSA) is 63.6 Å². The molecule has 0 saturated carbocycles. The molecule has 0 spiro atoms. The van der Waals surface area contributed by atoms with Crippen molar-refractivity contribution in [2.24, 2.45) is 0 Å². The molecule has 0 fully saturated rings. The summed E-state index contributed by atoms with van der Waals surface area (Å²) in [5, 5.41) is 9.04. The van der Waals surface area contributed by atoms with Crippen LogP contribution in [-0.2, 0) is 20.7 Å². The van der Waals surface area contributed by atoms with Crippen molar-refractivity contribution < 1.29 is 19.4 Å². The van der Waals surface area contributed by atoms with Crippen molar-refractivity contribution in [3.05, 3.63) is 35.4 Å². The lowest BCUT2D eigenvalue weighted by Gasteiger charge is -2.16. The Morgan fingerprint density at radius 3 is 2.14 bits per heavy atom. The number of carbonyl (C=O) groups excluding carboxylic acids is 1. The summed E-state index contributed by atoms with van der Waals surface area (Å²) in [5.41, 5.74) is 1.98. The first-order valence-electron chi connectivity index (χ1n) is 11.1. The van der Waals surface area contributed by atoms with Crippen LogP contribution in [0.25, 0.3) is 0 Å². The fourth-order valence-electron chi connectivity index (χ4n) is 3.48. The predicted molar refractivity (Wildman–Crippen MR) is 121 cm³/mol. The van der Waals surface area contributed by atoms with Crippen LogP contribution in [0.4, 0.5) is 0 Å². The highest BCUT2D eigenvalue weighted by molar-refractivity contribution is 8.00. The number of rotatable bonds is 17. The molecular formula is C24H38O4S. The van der Waals surface area contributed by atoms with Gasteiger partial charge in [0.1, 0.15) is 5.25 Å². The van der Waals surface area contributed by atoms with Gasteiger partial charge in [-0.1, -0.05) is 89.0 Å². The van der Waals surface area contributed by atoms with E-state index >= 15 is 0 Å². The van der Waals surface area contributed by atoms with Crippen LogP contribution in [0, 0.1) is 0 Å². The van der Waals surface area contributed by atoms with Crippen LogP contribution in [0.5, 0.6) is 0 Å². The van der Waals surface area contributed by atoms with Crippen molar-refractivity contribution in [1.82, 2.24) is 0 Å². The lowest BCUT2D eigenvalue weighted by molar-refractivity contribution is -0.140. The van der Waals surface area contributed by atoms with Gasteiger partial charge in [0.25, 0.3) is 0 Å². The van der Waals surface area contributed by atoms with Gasteiger partial charge in [-0.05, 0) is 24.0 Å². The highest BCUT2D eigenvalue weighted by atomic mass is 32.2. The third-order valence-electron chi connectivity index (χ3n) is 5.18. The van der Waals surface area contributed by atoms with Crippen LogP contribution < -0.4 is 0 Å². The highest BCUT2D eigenvalue weighted by Crippen LogP contribution is 2.32. The summed E-state index contributed by atoms with van der Waals surface area (Å²) in [4.78, 5) is 23.1. The van der Waals surface area contributed by atoms with Gasteiger partial charge < -0.3 is 9.84 Å². The number of benzene rings is 1. The van der Waals surface area contributed by atoms with Crippen LogP contribution >= 0.6 is 11.8 Å². The number of carbonyl (C=O) groups is 2. The van der Waals surface area contributed by atoms with E-state index in [1.807, 2.05) is 24.3 Å². The normalized spacial score (nSPS) is 11.9. The smallest absolute Gasteiger partial charge is 0.321 e. The average Bonchev–Trinajstić information content (AvgIpc) is 2.72. The molecule has 0 saturated heterocycles. The summed E-state index contributed by atoms with van der Waals surface area (Å²) >= 11 is 1.30. The van der Waals surface area contributed by atoms with Gasteiger partial charge in [-0.15, -0.1) is 11.8 Å². The van der Waals surface area contributed by atoms with Crippen LogP contribution in [0.15, 0.2) is 24.3 Å². The van der Waals surface area contributed by atoms with Gasteiger partial charge in [-0.25, -0.2) is 0 Å². The third-order valence-corrected chi connectivity index (χ3v) is 6.41. The van der Waals surface area contributed by atoms with Crippen LogP contribution in [0.3, 0.4) is 0 Å². The summed E-state index contributed by atoms with van der Waals surface area (Å²) in [5.74, 6) is -0.716. The molecule has 5 heteroatoms. The van der Waals surface area contributed by atoms with Crippen molar-refractivity contribution in [3.8, 4) is 0 Å². The molecule has 0 amide bonds. The van der Waals surface area contributed by atoms with Gasteiger partial charge in [0.2, 0.25) is 0 Å². The van der Waals surface area contributed by atoms with Crippen molar-refractivity contribution >= 4 is 23.7 Å². The summed E-state index contributed by atoms with van der Waals surface area (Å²) in [7, 11) is 1.35. The summed E-state index contributed by atoms with van der Waals surface area (Å²) in [6.07, 6.45) is 14.1. The second-order valence-electron chi connectivity index (χ2n) is 7.55. The van der Waals surface area contributed by atoms with Crippen molar-refractivity contribution in [3.63, 3.8) is 0 Å². The first kappa shape index (κ1) is 25.5. The molecular weight excluding hydrogens is 384 g/mol. The fraction of sp³-hybridized carbons (Fsp3) is 0.667. The number of carboxylic acids is 1. The fourth-order valence-corrected chi connectivity index (χ4v) is 4.55. The molecule has 164 valence electrons. The molecule has 1 atom stereocenters.